The molecule has 1 aromatic heterocycles. The quantitative estimate of drug-likeness (QED) is 0.522. The SMILES string of the molecule is CCCCCCCOC(=O)C1=C(C)Nc2nnnn2[C@@H]1c1ccc(OC)cc1. The molecule has 1 N–H and O–H groups in total. The lowest BCUT2D eigenvalue weighted by Crippen LogP contribution is -2.29. The molecule has 0 radical (unpaired) electrons. The topological polar surface area (TPSA) is 91.2 Å². The zero-order valence-corrected chi connectivity index (χ0v) is 16.6. The number of fused-ring (bicyclic) bond motifs is 1. The van der Waals surface area contributed by atoms with E-state index < -0.39 is 6.04 Å². The van der Waals surface area contributed by atoms with Crippen molar-refractivity contribution in [3.05, 3.63) is 41.1 Å². The molecule has 1 aliphatic heterocycles. The number of nitrogens with zero attached hydrogens (tertiary/aromatic N) is 4. The molecule has 0 aliphatic carbocycles. The molecule has 8 heteroatoms. The highest BCUT2D eigenvalue weighted by Crippen LogP contribution is 2.35. The number of aromatic nitrogens is 4. The number of anilines is 1. The lowest BCUT2D eigenvalue weighted by Gasteiger charge is -2.27. The highest BCUT2D eigenvalue weighted by atomic mass is 16.5. The fourth-order valence-corrected chi connectivity index (χ4v) is 3.32. The average molecular weight is 385 g/mol. The predicted octanol–water partition coefficient (Wildman–Crippen LogP) is 3.48. The lowest BCUT2D eigenvalue weighted by molar-refractivity contribution is -0.139. The van der Waals surface area contributed by atoms with E-state index in [1.54, 1.807) is 11.8 Å². The van der Waals surface area contributed by atoms with E-state index in [4.69, 9.17) is 9.47 Å². The average Bonchev–Trinajstić information content (AvgIpc) is 3.17. The van der Waals surface area contributed by atoms with Crippen molar-refractivity contribution in [1.29, 1.82) is 0 Å². The predicted molar refractivity (Wildman–Crippen MR) is 105 cm³/mol. The molecule has 0 amide bonds. The number of methoxy groups -OCH3 is 1. The fraction of sp³-hybridized carbons (Fsp3) is 0.500. The summed E-state index contributed by atoms with van der Waals surface area (Å²) in [6.45, 7) is 4.43. The minimum Gasteiger partial charge on any atom is -0.497 e. The van der Waals surface area contributed by atoms with Crippen LogP contribution in [0.4, 0.5) is 5.95 Å². The van der Waals surface area contributed by atoms with E-state index in [2.05, 4.69) is 27.8 Å². The molecule has 2 heterocycles. The van der Waals surface area contributed by atoms with Crippen LogP contribution >= 0.6 is 0 Å². The van der Waals surface area contributed by atoms with Crippen molar-refractivity contribution in [2.24, 2.45) is 0 Å². The molecule has 0 bridgehead atoms. The van der Waals surface area contributed by atoms with Gasteiger partial charge in [-0.2, -0.15) is 4.68 Å². The van der Waals surface area contributed by atoms with E-state index in [1.165, 1.54) is 19.3 Å². The van der Waals surface area contributed by atoms with Crippen molar-refractivity contribution < 1.29 is 14.3 Å². The van der Waals surface area contributed by atoms with Crippen LogP contribution in [0.15, 0.2) is 35.5 Å². The van der Waals surface area contributed by atoms with Crippen molar-refractivity contribution in [2.45, 2.75) is 52.0 Å². The van der Waals surface area contributed by atoms with Gasteiger partial charge in [-0.15, -0.1) is 0 Å². The van der Waals surface area contributed by atoms with Gasteiger partial charge in [-0.05, 0) is 41.5 Å². The number of hydrogen-bond donors (Lipinski definition) is 1. The van der Waals surface area contributed by atoms with Gasteiger partial charge in [0.2, 0.25) is 5.95 Å². The van der Waals surface area contributed by atoms with Crippen molar-refractivity contribution in [1.82, 2.24) is 20.2 Å². The van der Waals surface area contributed by atoms with Crippen LogP contribution in [0.25, 0.3) is 0 Å². The Morgan fingerprint density at radius 2 is 1.93 bits per heavy atom. The maximum absolute atomic E-state index is 12.9. The number of rotatable bonds is 9. The molecule has 28 heavy (non-hydrogen) atoms. The van der Waals surface area contributed by atoms with Crippen LogP contribution < -0.4 is 10.1 Å². The van der Waals surface area contributed by atoms with Crippen LogP contribution in [0.5, 0.6) is 5.75 Å². The summed E-state index contributed by atoms with van der Waals surface area (Å²) in [4.78, 5) is 12.9. The summed E-state index contributed by atoms with van der Waals surface area (Å²) < 4.78 is 12.4. The number of esters is 1. The van der Waals surface area contributed by atoms with Gasteiger partial charge >= 0.3 is 5.97 Å². The number of unbranched alkanes of at least 4 members (excludes halogenated alkanes) is 4. The first kappa shape index (κ1) is 19.9. The smallest absolute Gasteiger partial charge is 0.338 e. The summed E-state index contributed by atoms with van der Waals surface area (Å²) in [6.07, 6.45) is 5.50. The lowest BCUT2D eigenvalue weighted by atomic mass is 9.96. The molecule has 0 unspecified atom stereocenters. The minimum atomic E-state index is -0.454. The third-order valence-corrected chi connectivity index (χ3v) is 4.85. The maximum Gasteiger partial charge on any atom is 0.338 e. The summed E-state index contributed by atoms with van der Waals surface area (Å²) in [5, 5.41) is 14.9. The summed E-state index contributed by atoms with van der Waals surface area (Å²) in [5.74, 6) is 0.892. The third-order valence-electron chi connectivity index (χ3n) is 4.85. The number of carbonyl (C=O) groups excluding carboxylic acids is 1. The molecule has 1 atom stereocenters. The van der Waals surface area contributed by atoms with Gasteiger partial charge in [0, 0.05) is 5.70 Å². The van der Waals surface area contributed by atoms with Gasteiger partial charge in [-0.3, -0.25) is 0 Å². The molecule has 3 rings (SSSR count). The van der Waals surface area contributed by atoms with Crippen LogP contribution in [0.1, 0.15) is 57.6 Å². The van der Waals surface area contributed by atoms with Gasteiger partial charge in [-0.25, -0.2) is 4.79 Å². The highest BCUT2D eigenvalue weighted by molar-refractivity contribution is 5.92. The Kier molecular flexibility index (Phi) is 6.62. The first-order valence-corrected chi connectivity index (χ1v) is 9.72. The molecule has 0 spiro atoms. The standard InChI is InChI=1S/C20H27N5O3/c1-4-5-6-7-8-13-28-19(26)17-14(2)21-20-22-23-24-25(20)18(17)15-9-11-16(27-3)12-10-15/h9-12,18H,4-8,13H2,1-3H3,(H,21,22,24)/t18-/m1/s1. The minimum absolute atomic E-state index is 0.345. The van der Waals surface area contributed by atoms with Gasteiger partial charge in [0.1, 0.15) is 11.8 Å². The summed E-state index contributed by atoms with van der Waals surface area (Å²) in [7, 11) is 1.62. The van der Waals surface area contributed by atoms with Crippen molar-refractivity contribution >= 4 is 11.9 Å². The number of tetrazole rings is 1. The molecular formula is C20H27N5O3. The fourth-order valence-electron chi connectivity index (χ4n) is 3.32. The van der Waals surface area contributed by atoms with Crippen LogP contribution in [-0.4, -0.2) is 39.9 Å². The Morgan fingerprint density at radius 3 is 2.64 bits per heavy atom. The monoisotopic (exact) mass is 385 g/mol. The van der Waals surface area contributed by atoms with E-state index in [9.17, 15) is 4.79 Å². The number of hydrogen-bond acceptors (Lipinski definition) is 7. The molecule has 0 fully saturated rings. The molecule has 0 saturated heterocycles. The second kappa shape index (κ2) is 9.34. The number of nitrogens with one attached hydrogen (secondary N) is 1. The van der Waals surface area contributed by atoms with E-state index in [0.717, 1.165) is 24.2 Å². The summed E-state index contributed by atoms with van der Waals surface area (Å²) in [5.41, 5.74) is 2.09. The van der Waals surface area contributed by atoms with Crippen LogP contribution in [0, 0.1) is 0 Å². The second-order valence-corrected chi connectivity index (χ2v) is 6.84. The van der Waals surface area contributed by atoms with E-state index in [1.807, 2.05) is 31.2 Å². The summed E-state index contributed by atoms with van der Waals surface area (Å²) >= 11 is 0. The van der Waals surface area contributed by atoms with E-state index in [0.29, 0.717) is 23.8 Å². The Morgan fingerprint density at radius 1 is 1.18 bits per heavy atom. The van der Waals surface area contributed by atoms with Gasteiger partial charge in [0.15, 0.2) is 0 Å². The zero-order valence-electron chi connectivity index (χ0n) is 16.6. The molecule has 1 aliphatic rings. The number of allylic oxidation sites excluding steroid dienone is 1. The Hall–Kier alpha value is -2.90. The molecule has 1 aromatic carbocycles. The van der Waals surface area contributed by atoms with Gasteiger partial charge in [-0.1, -0.05) is 49.8 Å². The van der Waals surface area contributed by atoms with E-state index >= 15 is 0 Å². The van der Waals surface area contributed by atoms with Crippen molar-refractivity contribution in [3.63, 3.8) is 0 Å². The van der Waals surface area contributed by atoms with E-state index in [-0.39, 0.29) is 5.97 Å². The van der Waals surface area contributed by atoms with Crippen LogP contribution in [0.3, 0.4) is 0 Å². The van der Waals surface area contributed by atoms with Crippen molar-refractivity contribution in [2.75, 3.05) is 19.0 Å². The molecule has 150 valence electrons. The molecule has 2 aromatic rings. The third kappa shape index (κ3) is 4.32. The normalized spacial score (nSPS) is 15.8. The first-order chi connectivity index (χ1) is 13.7. The van der Waals surface area contributed by atoms with Crippen LogP contribution in [-0.2, 0) is 9.53 Å². The van der Waals surface area contributed by atoms with Gasteiger partial charge in [0.05, 0.1) is 19.3 Å². The van der Waals surface area contributed by atoms with Gasteiger partial charge in [0.25, 0.3) is 0 Å². The molecular weight excluding hydrogens is 358 g/mol. The second-order valence-electron chi connectivity index (χ2n) is 6.84. The maximum atomic E-state index is 12.9. The highest BCUT2D eigenvalue weighted by Gasteiger charge is 2.34. The zero-order chi connectivity index (χ0) is 19.9. The van der Waals surface area contributed by atoms with Gasteiger partial charge < -0.3 is 14.8 Å². The Balaban J connectivity index is 1.79. The largest absolute Gasteiger partial charge is 0.497 e. The molecule has 8 nitrogen and oxygen atoms in total. The number of ether oxygens (including phenoxy) is 2. The number of benzene rings is 1. The summed E-state index contributed by atoms with van der Waals surface area (Å²) in [6, 6.07) is 7.07. The van der Waals surface area contributed by atoms with Crippen molar-refractivity contribution in [3.8, 4) is 5.75 Å². The van der Waals surface area contributed by atoms with Crippen LogP contribution in [0.2, 0.25) is 0 Å². The Bertz CT molecular complexity index is 829. The Labute approximate surface area is 164 Å². The number of carbonyl (C=O) groups is 1. The first-order valence-electron chi connectivity index (χ1n) is 9.72. The molecule has 0 saturated carbocycles.